The molecule has 0 N–H and O–H groups in total. The Labute approximate surface area is 105 Å². The first-order chi connectivity index (χ1) is 8.90. The molecule has 0 aliphatic heterocycles. The van der Waals surface area contributed by atoms with Crippen LogP contribution in [0.15, 0.2) is 54.6 Å². The Kier molecular flexibility index (Phi) is 1.68. The van der Waals surface area contributed by atoms with Crippen LogP contribution < -0.4 is 0 Å². The summed E-state index contributed by atoms with van der Waals surface area (Å²) >= 11 is 0. The molecule has 0 fully saturated rings. The number of fused-ring (bicyclic) bond motifs is 3. The van der Waals surface area contributed by atoms with Crippen molar-refractivity contribution < 1.29 is 0 Å². The molecule has 82 valence electrons. The molecular weight excluding hydrogens is 218 g/mol. The van der Waals surface area contributed by atoms with Crippen molar-refractivity contribution in [1.29, 1.82) is 5.26 Å². The topological polar surface area (TPSA) is 23.8 Å². The summed E-state index contributed by atoms with van der Waals surface area (Å²) in [6.07, 6.45) is 0. The average Bonchev–Trinajstić information content (AvgIpc) is 2.77. The minimum absolute atomic E-state index is 0.753. The van der Waals surface area contributed by atoms with Gasteiger partial charge in [-0.1, -0.05) is 48.5 Å². The summed E-state index contributed by atoms with van der Waals surface area (Å²) in [5.41, 5.74) is 5.79. The minimum Gasteiger partial charge on any atom is -0.192 e. The quantitative estimate of drug-likeness (QED) is 0.438. The maximum atomic E-state index is 9.20. The lowest BCUT2D eigenvalue weighted by Gasteiger charge is -2.03. The van der Waals surface area contributed by atoms with Gasteiger partial charge in [0, 0.05) is 5.39 Å². The first kappa shape index (κ1) is 9.44. The summed E-state index contributed by atoms with van der Waals surface area (Å²) in [5.74, 6) is 0. The van der Waals surface area contributed by atoms with E-state index in [0.717, 1.165) is 10.9 Å². The molecule has 1 aliphatic carbocycles. The number of hydrogen-bond donors (Lipinski definition) is 0. The van der Waals surface area contributed by atoms with Gasteiger partial charge in [0.15, 0.2) is 0 Å². The second-order valence-electron chi connectivity index (χ2n) is 4.55. The lowest BCUT2D eigenvalue weighted by molar-refractivity contribution is 1.50. The second-order valence-corrected chi connectivity index (χ2v) is 4.55. The molecule has 1 aliphatic rings. The Morgan fingerprint density at radius 3 is 2.06 bits per heavy atom. The van der Waals surface area contributed by atoms with Crippen molar-refractivity contribution in [3.63, 3.8) is 0 Å². The summed E-state index contributed by atoms with van der Waals surface area (Å²) in [6.45, 7) is 0. The molecule has 1 heteroatoms. The summed E-state index contributed by atoms with van der Waals surface area (Å²) in [4.78, 5) is 0. The SMILES string of the molecule is N#Cc1ccc2c3c(cccc13)-c1ccccc1-2. The lowest BCUT2D eigenvalue weighted by atomic mass is 9.99. The van der Waals surface area contributed by atoms with E-state index in [2.05, 4.69) is 42.5 Å². The highest BCUT2D eigenvalue weighted by Crippen LogP contribution is 2.47. The van der Waals surface area contributed by atoms with Gasteiger partial charge in [0.05, 0.1) is 11.6 Å². The van der Waals surface area contributed by atoms with Gasteiger partial charge < -0.3 is 0 Å². The fourth-order valence-electron chi connectivity index (χ4n) is 2.91. The van der Waals surface area contributed by atoms with Gasteiger partial charge in [-0.15, -0.1) is 0 Å². The van der Waals surface area contributed by atoms with E-state index in [1.54, 1.807) is 0 Å². The Hall–Kier alpha value is -2.59. The summed E-state index contributed by atoms with van der Waals surface area (Å²) in [5, 5.41) is 11.5. The molecule has 0 heterocycles. The van der Waals surface area contributed by atoms with Gasteiger partial charge in [0.2, 0.25) is 0 Å². The Morgan fingerprint density at radius 1 is 0.667 bits per heavy atom. The zero-order valence-electron chi connectivity index (χ0n) is 9.64. The van der Waals surface area contributed by atoms with Crippen LogP contribution in [0.25, 0.3) is 33.0 Å². The molecule has 0 unspecified atom stereocenters. The van der Waals surface area contributed by atoms with E-state index in [1.807, 2.05) is 18.2 Å². The van der Waals surface area contributed by atoms with E-state index in [9.17, 15) is 5.26 Å². The van der Waals surface area contributed by atoms with Gasteiger partial charge in [-0.2, -0.15) is 5.26 Å². The molecule has 4 rings (SSSR count). The predicted molar refractivity (Wildman–Crippen MR) is 73.1 cm³/mol. The van der Waals surface area contributed by atoms with Crippen LogP contribution in [0.5, 0.6) is 0 Å². The summed E-state index contributed by atoms with van der Waals surface area (Å²) in [6, 6.07) is 20.9. The van der Waals surface area contributed by atoms with Crippen LogP contribution in [0, 0.1) is 11.3 Å². The fraction of sp³-hybridized carbons (Fsp3) is 0. The molecule has 0 spiro atoms. The third kappa shape index (κ3) is 1.00. The molecule has 0 aromatic heterocycles. The maximum Gasteiger partial charge on any atom is 0.0998 e. The third-order valence-corrected chi connectivity index (χ3v) is 3.67. The van der Waals surface area contributed by atoms with E-state index in [4.69, 9.17) is 0 Å². The summed E-state index contributed by atoms with van der Waals surface area (Å²) in [7, 11) is 0. The number of rotatable bonds is 0. The minimum atomic E-state index is 0.753. The van der Waals surface area contributed by atoms with E-state index < -0.39 is 0 Å². The Bertz CT molecular complexity index is 809. The van der Waals surface area contributed by atoms with Crippen LogP contribution in [0.3, 0.4) is 0 Å². The molecule has 3 aromatic rings. The number of hydrogen-bond acceptors (Lipinski definition) is 1. The van der Waals surface area contributed by atoms with E-state index in [-0.39, 0.29) is 0 Å². The zero-order valence-corrected chi connectivity index (χ0v) is 9.64. The standard InChI is InChI=1S/C17H9N/c18-10-11-8-9-16-14-5-2-1-4-13(14)15-7-3-6-12(11)17(15)16/h1-9H. The normalized spacial score (nSPS) is 11.3. The van der Waals surface area contributed by atoms with E-state index >= 15 is 0 Å². The van der Waals surface area contributed by atoms with Crippen molar-refractivity contribution in [1.82, 2.24) is 0 Å². The van der Waals surface area contributed by atoms with Crippen LogP contribution in [0.1, 0.15) is 5.56 Å². The van der Waals surface area contributed by atoms with Crippen molar-refractivity contribution in [2.45, 2.75) is 0 Å². The average molecular weight is 227 g/mol. The highest BCUT2D eigenvalue weighted by Gasteiger charge is 2.21. The van der Waals surface area contributed by atoms with E-state index in [0.29, 0.717) is 0 Å². The molecule has 3 aromatic carbocycles. The molecule has 18 heavy (non-hydrogen) atoms. The highest BCUT2D eigenvalue weighted by atomic mass is 14.3. The molecule has 0 saturated heterocycles. The number of nitrogens with zero attached hydrogens (tertiary/aromatic N) is 1. The lowest BCUT2D eigenvalue weighted by Crippen LogP contribution is -1.81. The molecule has 0 atom stereocenters. The Balaban J connectivity index is 2.28. The molecule has 1 nitrogen and oxygen atoms in total. The van der Waals surface area contributed by atoms with Gasteiger partial charge in [-0.3, -0.25) is 0 Å². The first-order valence-electron chi connectivity index (χ1n) is 5.96. The molecule has 0 amide bonds. The number of nitriles is 1. The molecule has 0 saturated carbocycles. The van der Waals surface area contributed by atoms with Crippen molar-refractivity contribution in [3.8, 4) is 28.3 Å². The van der Waals surface area contributed by atoms with Gasteiger partial charge in [0.1, 0.15) is 0 Å². The fourth-order valence-corrected chi connectivity index (χ4v) is 2.91. The van der Waals surface area contributed by atoms with Gasteiger partial charge in [0.25, 0.3) is 0 Å². The third-order valence-electron chi connectivity index (χ3n) is 3.67. The highest BCUT2D eigenvalue weighted by molar-refractivity contribution is 6.16. The van der Waals surface area contributed by atoms with Crippen molar-refractivity contribution in [3.05, 3.63) is 60.2 Å². The van der Waals surface area contributed by atoms with Gasteiger partial charge in [-0.05, 0) is 33.7 Å². The van der Waals surface area contributed by atoms with Crippen LogP contribution in [-0.2, 0) is 0 Å². The smallest absolute Gasteiger partial charge is 0.0998 e. The second kappa shape index (κ2) is 3.21. The molecule has 0 bridgehead atoms. The van der Waals surface area contributed by atoms with Crippen LogP contribution >= 0.6 is 0 Å². The largest absolute Gasteiger partial charge is 0.192 e. The van der Waals surface area contributed by atoms with Gasteiger partial charge >= 0.3 is 0 Å². The molecule has 0 radical (unpaired) electrons. The predicted octanol–water partition coefficient (Wildman–Crippen LogP) is 4.36. The van der Waals surface area contributed by atoms with E-state index in [1.165, 1.54) is 27.6 Å². The summed E-state index contributed by atoms with van der Waals surface area (Å²) < 4.78 is 0. The van der Waals surface area contributed by atoms with Crippen molar-refractivity contribution >= 4 is 10.8 Å². The first-order valence-corrected chi connectivity index (χ1v) is 5.96. The molecular formula is C17H9N. The van der Waals surface area contributed by atoms with Crippen LogP contribution in [0.4, 0.5) is 0 Å². The number of benzene rings is 3. The van der Waals surface area contributed by atoms with Gasteiger partial charge in [-0.25, -0.2) is 0 Å². The van der Waals surface area contributed by atoms with Crippen molar-refractivity contribution in [2.24, 2.45) is 0 Å². The zero-order chi connectivity index (χ0) is 12.1. The maximum absolute atomic E-state index is 9.20. The van der Waals surface area contributed by atoms with Crippen LogP contribution in [0.2, 0.25) is 0 Å². The monoisotopic (exact) mass is 227 g/mol. The van der Waals surface area contributed by atoms with Crippen molar-refractivity contribution in [2.75, 3.05) is 0 Å². The Morgan fingerprint density at radius 2 is 1.33 bits per heavy atom. The van der Waals surface area contributed by atoms with Crippen LogP contribution in [-0.4, -0.2) is 0 Å².